The summed E-state index contributed by atoms with van der Waals surface area (Å²) in [6.07, 6.45) is 6.28. The van der Waals surface area contributed by atoms with Crippen LogP contribution in [0.3, 0.4) is 0 Å². The summed E-state index contributed by atoms with van der Waals surface area (Å²) in [5.41, 5.74) is 5.60. The van der Waals surface area contributed by atoms with Crippen LogP contribution in [0.1, 0.15) is 64.6 Å². The molecule has 5 aromatic rings. The van der Waals surface area contributed by atoms with Gasteiger partial charge in [0.15, 0.2) is 11.6 Å². The van der Waals surface area contributed by atoms with Gasteiger partial charge in [-0.2, -0.15) is 0 Å². The van der Waals surface area contributed by atoms with Crippen LogP contribution in [0.2, 0.25) is 0 Å². The molecule has 6 rings (SSSR count). The molecular formula is C34H31FN2O4. The number of hydrogen-bond donors (Lipinski definition) is 0. The van der Waals surface area contributed by atoms with Gasteiger partial charge in [-0.15, -0.1) is 0 Å². The number of carbonyl (C=O) groups excluding carboxylic acids is 2. The normalized spacial score (nSPS) is 13.9. The first kappa shape index (κ1) is 26.7. The maximum Gasteiger partial charge on any atom is 0.167 e. The van der Waals surface area contributed by atoms with Gasteiger partial charge in [0.2, 0.25) is 0 Å². The van der Waals surface area contributed by atoms with Crippen molar-refractivity contribution >= 4 is 22.5 Å². The maximum atomic E-state index is 13.7. The van der Waals surface area contributed by atoms with Crippen molar-refractivity contribution in [2.45, 2.75) is 44.9 Å². The molecular weight excluding hydrogens is 519 g/mol. The Labute approximate surface area is 237 Å². The van der Waals surface area contributed by atoms with Crippen LogP contribution in [-0.4, -0.2) is 28.2 Å². The van der Waals surface area contributed by atoms with Crippen molar-refractivity contribution in [3.05, 3.63) is 95.3 Å². The molecule has 0 atom stereocenters. The first-order valence-corrected chi connectivity index (χ1v) is 13.8. The molecule has 6 nitrogen and oxygen atoms in total. The molecule has 2 aromatic heterocycles. The minimum absolute atomic E-state index is 0.0103. The van der Waals surface area contributed by atoms with Crippen LogP contribution >= 0.6 is 0 Å². The number of ketones is 2. The Kier molecular flexibility index (Phi) is 6.60. The number of Topliss-reactive ketones (excluding diaryl/α,β-unsaturated/α-hetero) is 2. The molecule has 208 valence electrons. The Morgan fingerprint density at radius 2 is 1.78 bits per heavy atom. The first-order valence-electron chi connectivity index (χ1n) is 13.8. The molecule has 0 spiro atoms. The number of rotatable bonds is 9. The number of benzene rings is 3. The van der Waals surface area contributed by atoms with E-state index in [0.717, 1.165) is 35.2 Å². The Morgan fingerprint density at radius 1 is 1.05 bits per heavy atom. The van der Waals surface area contributed by atoms with Gasteiger partial charge in [0.25, 0.3) is 0 Å². The molecule has 0 aliphatic heterocycles. The molecule has 7 heteroatoms. The van der Waals surface area contributed by atoms with E-state index in [1.54, 1.807) is 25.6 Å². The van der Waals surface area contributed by atoms with Crippen molar-refractivity contribution in [3.8, 4) is 28.2 Å². The predicted molar refractivity (Wildman–Crippen MR) is 156 cm³/mol. The van der Waals surface area contributed by atoms with Gasteiger partial charge < -0.3 is 13.7 Å². The fourth-order valence-corrected chi connectivity index (χ4v) is 5.67. The molecule has 1 fully saturated rings. The zero-order valence-corrected chi connectivity index (χ0v) is 23.6. The minimum Gasteiger partial charge on any atom is -0.496 e. The number of furan rings is 1. The van der Waals surface area contributed by atoms with Crippen LogP contribution in [0, 0.1) is 12.7 Å². The van der Waals surface area contributed by atoms with E-state index in [9.17, 15) is 14.0 Å². The highest BCUT2D eigenvalue weighted by Gasteiger charge is 2.48. The minimum atomic E-state index is -0.358. The fourth-order valence-electron chi connectivity index (χ4n) is 5.67. The first-order chi connectivity index (χ1) is 19.7. The van der Waals surface area contributed by atoms with Gasteiger partial charge in [-0.25, -0.2) is 9.37 Å². The molecule has 0 bridgehead atoms. The van der Waals surface area contributed by atoms with Gasteiger partial charge in [0.1, 0.15) is 22.9 Å². The molecule has 1 saturated carbocycles. The summed E-state index contributed by atoms with van der Waals surface area (Å²) in [5.74, 6) is 0.555. The van der Waals surface area contributed by atoms with Gasteiger partial charge >= 0.3 is 0 Å². The summed E-state index contributed by atoms with van der Waals surface area (Å²) in [6, 6.07) is 15.4. The summed E-state index contributed by atoms with van der Waals surface area (Å²) in [6.45, 7) is 3.78. The summed E-state index contributed by atoms with van der Waals surface area (Å²) >= 11 is 0. The largest absolute Gasteiger partial charge is 0.496 e. The average Bonchev–Trinajstić information content (AvgIpc) is 3.44. The van der Waals surface area contributed by atoms with Gasteiger partial charge in [-0.3, -0.25) is 9.59 Å². The Morgan fingerprint density at radius 3 is 2.41 bits per heavy atom. The number of fused-ring (bicyclic) bond motifs is 1. The van der Waals surface area contributed by atoms with Crippen molar-refractivity contribution in [2.24, 2.45) is 7.05 Å². The van der Waals surface area contributed by atoms with Gasteiger partial charge in [-0.05, 0) is 85.0 Å². The lowest BCUT2D eigenvalue weighted by Gasteiger charge is -2.16. The van der Waals surface area contributed by atoms with E-state index in [2.05, 4.69) is 4.98 Å². The van der Waals surface area contributed by atoms with Crippen LogP contribution in [0.25, 0.3) is 33.4 Å². The van der Waals surface area contributed by atoms with Crippen LogP contribution in [0.4, 0.5) is 4.39 Å². The van der Waals surface area contributed by atoms with Crippen molar-refractivity contribution < 1.29 is 23.1 Å². The molecule has 1 aliphatic carbocycles. The molecule has 0 N–H and O–H groups in total. The second-order valence-corrected chi connectivity index (χ2v) is 11.0. The number of aromatic nitrogens is 2. The molecule has 1 aliphatic rings. The third-order valence-corrected chi connectivity index (χ3v) is 8.15. The number of ether oxygens (including phenoxy) is 1. The molecule has 3 aromatic carbocycles. The Hall–Kier alpha value is -4.52. The van der Waals surface area contributed by atoms with E-state index in [-0.39, 0.29) is 22.8 Å². The highest BCUT2D eigenvalue weighted by atomic mass is 19.1. The van der Waals surface area contributed by atoms with E-state index in [1.807, 2.05) is 62.0 Å². The summed E-state index contributed by atoms with van der Waals surface area (Å²) in [4.78, 5) is 31.4. The zero-order valence-electron chi connectivity index (χ0n) is 23.6. The number of methoxy groups -OCH3 is 1. The van der Waals surface area contributed by atoms with Gasteiger partial charge in [-0.1, -0.05) is 13.0 Å². The Bertz CT molecular complexity index is 1810. The molecule has 0 radical (unpaired) electrons. The maximum absolute atomic E-state index is 13.7. The van der Waals surface area contributed by atoms with Gasteiger partial charge in [0, 0.05) is 42.5 Å². The highest BCUT2D eigenvalue weighted by molar-refractivity contribution is 6.13. The lowest BCUT2D eigenvalue weighted by Crippen LogP contribution is -2.15. The molecule has 41 heavy (non-hydrogen) atoms. The highest BCUT2D eigenvalue weighted by Crippen LogP contribution is 2.51. The lowest BCUT2D eigenvalue weighted by atomic mass is 9.89. The van der Waals surface area contributed by atoms with Crippen molar-refractivity contribution in [1.29, 1.82) is 0 Å². The third kappa shape index (κ3) is 4.75. The van der Waals surface area contributed by atoms with E-state index < -0.39 is 0 Å². The average molecular weight is 551 g/mol. The smallest absolute Gasteiger partial charge is 0.167 e. The number of halogens is 1. The lowest BCUT2D eigenvalue weighted by molar-refractivity contribution is 0.0963. The molecule has 0 saturated heterocycles. The number of nitrogens with zero attached hydrogens (tertiary/aromatic N) is 2. The van der Waals surface area contributed by atoms with E-state index >= 15 is 0 Å². The Balaban J connectivity index is 1.43. The summed E-state index contributed by atoms with van der Waals surface area (Å²) in [5, 5.41) is 0.684. The van der Waals surface area contributed by atoms with Gasteiger partial charge in [0.05, 0.1) is 30.3 Å². The van der Waals surface area contributed by atoms with Crippen LogP contribution in [-0.2, 0) is 12.5 Å². The monoisotopic (exact) mass is 550 g/mol. The molecule has 0 unspecified atom stereocenters. The third-order valence-electron chi connectivity index (χ3n) is 8.15. The quantitative estimate of drug-likeness (QED) is 0.175. The summed E-state index contributed by atoms with van der Waals surface area (Å²) < 4.78 is 27.3. The van der Waals surface area contributed by atoms with E-state index in [4.69, 9.17) is 9.15 Å². The van der Waals surface area contributed by atoms with Crippen molar-refractivity contribution in [3.63, 3.8) is 0 Å². The van der Waals surface area contributed by atoms with Crippen LogP contribution in [0.15, 0.2) is 71.5 Å². The van der Waals surface area contributed by atoms with Crippen molar-refractivity contribution in [1.82, 2.24) is 9.55 Å². The topological polar surface area (TPSA) is 74.3 Å². The second-order valence-electron chi connectivity index (χ2n) is 11.0. The van der Waals surface area contributed by atoms with Crippen molar-refractivity contribution in [2.75, 3.05) is 7.11 Å². The predicted octanol–water partition coefficient (Wildman–Crippen LogP) is 7.85. The number of aryl methyl sites for hydroxylation is 2. The second kappa shape index (κ2) is 10.1. The number of carbonyl (C=O) groups is 2. The number of imidazole rings is 1. The molecule has 0 amide bonds. The standard InChI is InChI=1S/C34H31FN2O4/c1-5-27(38)32-26-15-22(8-11-29(26)41-33(32)21-6-9-23(35)10-7-21)24-16-25(30(40-4)14-20(24)2)28(39)17-34(12-13-34)31-18-37(3)19-36-31/h6-11,14-16,18-19H,5,12-13,17H2,1-4H3. The fraction of sp³-hybridized carbons (Fsp3) is 0.265. The van der Waals surface area contributed by atoms with E-state index in [1.165, 1.54) is 12.1 Å². The summed E-state index contributed by atoms with van der Waals surface area (Å²) in [7, 11) is 3.51. The number of hydrogen-bond acceptors (Lipinski definition) is 5. The SMILES string of the molecule is CCC(=O)c1c(-c2ccc(F)cc2)oc2ccc(-c3cc(C(=O)CC4(c5cn(C)cn5)CC4)c(OC)cc3C)cc12. The van der Waals surface area contributed by atoms with Crippen LogP contribution < -0.4 is 4.74 Å². The van der Waals surface area contributed by atoms with E-state index in [0.29, 0.717) is 52.0 Å². The molecule has 2 heterocycles. The van der Waals surface area contributed by atoms with Crippen LogP contribution in [0.5, 0.6) is 5.75 Å². The zero-order chi connectivity index (χ0) is 28.9.